The highest BCUT2D eigenvalue weighted by Crippen LogP contribution is 2.34. The van der Waals surface area contributed by atoms with Crippen LogP contribution >= 0.6 is 0 Å². The number of rotatable bonds is 4. The average molecular weight is 343 g/mol. The minimum Gasteiger partial charge on any atom is -0.497 e. The quantitative estimate of drug-likeness (QED) is 0.922. The molecule has 1 unspecified atom stereocenters. The van der Waals surface area contributed by atoms with Crippen LogP contribution in [0.1, 0.15) is 45.2 Å². The van der Waals surface area contributed by atoms with Gasteiger partial charge in [0.05, 0.1) is 24.3 Å². The van der Waals surface area contributed by atoms with Gasteiger partial charge in [-0.05, 0) is 48.7 Å². The zero-order valence-electron chi connectivity index (χ0n) is 13.7. The number of hydrogen-bond donors (Lipinski definition) is 1. The predicted octanol–water partition coefficient (Wildman–Crippen LogP) is 3.51. The third-order valence-electron chi connectivity index (χ3n) is 4.46. The van der Waals surface area contributed by atoms with Gasteiger partial charge in [0.1, 0.15) is 11.6 Å². The van der Waals surface area contributed by atoms with E-state index in [0.29, 0.717) is 6.54 Å². The van der Waals surface area contributed by atoms with Gasteiger partial charge in [-0.15, -0.1) is 0 Å². The van der Waals surface area contributed by atoms with E-state index in [1.807, 2.05) is 24.3 Å². The van der Waals surface area contributed by atoms with Crippen LogP contribution < -0.4 is 4.74 Å². The van der Waals surface area contributed by atoms with Gasteiger partial charge in [0.25, 0.3) is 5.91 Å². The van der Waals surface area contributed by atoms with Crippen molar-refractivity contribution in [2.24, 2.45) is 0 Å². The number of halogens is 1. The molecule has 0 saturated carbocycles. The molecule has 0 spiro atoms. The number of carbonyl (C=O) groups excluding carboxylic acids is 1. The summed E-state index contributed by atoms with van der Waals surface area (Å²) in [6.07, 6.45) is 1.63. The Labute approximate surface area is 144 Å². The topological polar surface area (TPSA) is 66.8 Å². The number of carbonyl (C=O) groups is 2. The van der Waals surface area contributed by atoms with Gasteiger partial charge < -0.3 is 14.7 Å². The van der Waals surface area contributed by atoms with Crippen LogP contribution in [0.3, 0.4) is 0 Å². The number of nitrogens with zero attached hydrogens (tertiary/aromatic N) is 1. The van der Waals surface area contributed by atoms with E-state index in [1.54, 1.807) is 12.0 Å². The normalized spacial score (nSPS) is 16.7. The predicted molar refractivity (Wildman–Crippen MR) is 89.4 cm³/mol. The second kappa shape index (κ2) is 6.93. The van der Waals surface area contributed by atoms with Gasteiger partial charge in [-0.1, -0.05) is 12.1 Å². The molecule has 1 amide bonds. The van der Waals surface area contributed by atoms with E-state index in [1.165, 1.54) is 12.1 Å². The van der Waals surface area contributed by atoms with Gasteiger partial charge in [0, 0.05) is 6.54 Å². The minimum absolute atomic E-state index is 0.106. The summed E-state index contributed by atoms with van der Waals surface area (Å²) in [7, 11) is 1.59. The molecular weight excluding hydrogens is 325 g/mol. The smallest absolute Gasteiger partial charge is 0.335 e. The van der Waals surface area contributed by atoms with Crippen LogP contribution in [-0.2, 0) is 0 Å². The maximum absolute atomic E-state index is 14.2. The number of carboxylic acids is 1. The standard InChI is InChI=1S/C19H18FNO4/c1-25-14-7-4-12(5-8-14)17-3-2-10-21(17)18(22)15-9-6-13(19(23)24)11-16(15)20/h4-9,11,17H,2-3,10H2,1H3,(H,23,24). The maximum atomic E-state index is 14.2. The molecule has 25 heavy (non-hydrogen) atoms. The zero-order chi connectivity index (χ0) is 18.0. The Morgan fingerprint density at radius 3 is 2.52 bits per heavy atom. The number of benzene rings is 2. The molecule has 3 rings (SSSR count). The first-order chi connectivity index (χ1) is 12.0. The highest BCUT2D eigenvalue weighted by molar-refractivity contribution is 5.96. The molecule has 2 aromatic carbocycles. The number of ether oxygens (including phenoxy) is 1. The first-order valence-electron chi connectivity index (χ1n) is 7.99. The summed E-state index contributed by atoms with van der Waals surface area (Å²) in [6, 6.07) is 10.7. The van der Waals surface area contributed by atoms with Crippen molar-refractivity contribution in [3.05, 3.63) is 65.0 Å². The third-order valence-corrected chi connectivity index (χ3v) is 4.46. The monoisotopic (exact) mass is 343 g/mol. The summed E-state index contributed by atoms with van der Waals surface area (Å²) < 4.78 is 19.4. The fourth-order valence-corrected chi connectivity index (χ4v) is 3.16. The Hall–Kier alpha value is -2.89. The summed E-state index contributed by atoms with van der Waals surface area (Å²) in [4.78, 5) is 25.3. The van der Waals surface area contributed by atoms with Crippen LogP contribution in [-0.4, -0.2) is 35.5 Å². The molecule has 5 nitrogen and oxygen atoms in total. The first-order valence-corrected chi connectivity index (χ1v) is 7.99. The van der Waals surface area contributed by atoms with Crippen molar-refractivity contribution in [2.45, 2.75) is 18.9 Å². The van der Waals surface area contributed by atoms with Crippen molar-refractivity contribution >= 4 is 11.9 Å². The maximum Gasteiger partial charge on any atom is 0.335 e. The Kier molecular flexibility index (Phi) is 4.70. The Balaban J connectivity index is 1.86. The van der Waals surface area contributed by atoms with Crippen LogP contribution in [0.2, 0.25) is 0 Å². The highest BCUT2D eigenvalue weighted by atomic mass is 19.1. The lowest BCUT2D eigenvalue weighted by atomic mass is 10.0. The average Bonchev–Trinajstić information content (AvgIpc) is 3.10. The molecule has 1 saturated heterocycles. The van der Waals surface area contributed by atoms with Crippen molar-refractivity contribution in [2.75, 3.05) is 13.7 Å². The molecule has 1 fully saturated rings. The van der Waals surface area contributed by atoms with E-state index < -0.39 is 17.7 Å². The molecule has 0 radical (unpaired) electrons. The Morgan fingerprint density at radius 1 is 1.20 bits per heavy atom. The highest BCUT2D eigenvalue weighted by Gasteiger charge is 2.32. The lowest BCUT2D eigenvalue weighted by Crippen LogP contribution is -2.31. The van der Waals surface area contributed by atoms with Crippen molar-refractivity contribution in [1.29, 1.82) is 0 Å². The molecular formula is C19H18FNO4. The number of hydrogen-bond acceptors (Lipinski definition) is 3. The van der Waals surface area contributed by atoms with E-state index in [4.69, 9.17) is 9.84 Å². The minimum atomic E-state index is -1.23. The molecule has 0 aliphatic carbocycles. The molecule has 2 aromatic rings. The molecule has 1 aliphatic heterocycles. The van der Waals surface area contributed by atoms with Crippen LogP contribution in [0.4, 0.5) is 4.39 Å². The lowest BCUT2D eigenvalue weighted by molar-refractivity contribution is 0.0690. The molecule has 130 valence electrons. The van der Waals surface area contributed by atoms with E-state index in [-0.39, 0.29) is 17.2 Å². The Bertz CT molecular complexity index is 804. The van der Waals surface area contributed by atoms with Crippen molar-refractivity contribution in [3.63, 3.8) is 0 Å². The summed E-state index contributed by atoms with van der Waals surface area (Å²) in [5.74, 6) is -1.73. The largest absolute Gasteiger partial charge is 0.497 e. The fraction of sp³-hybridized carbons (Fsp3) is 0.263. The molecule has 1 heterocycles. The van der Waals surface area contributed by atoms with Crippen molar-refractivity contribution in [3.8, 4) is 5.75 Å². The number of amides is 1. The van der Waals surface area contributed by atoms with Crippen molar-refractivity contribution in [1.82, 2.24) is 4.90 Å². The number of aromatic carboxylic acids is 1. The fourth-order valence-electron chi connectivity index (χ4n) is 3.16. The number of carboxylic acid groups (broad SMARTS) is 1. The van der Waals surface area contributed by atoms with E-state index in [2.05, 4.69) is 0 Å². The van der Waals surface area contributed by atoms with Crippen LogP contribution in [0.5, 0.6) is 5.75 Å². The number of methoxy groups -OCH3 is 1. The summed E-state index contributed by atoms with van der Waals surface area (Å²) in [6.45, 7) is 0.537. The van der Waals surface area contributed by atoms with Crippen LogP contribution in [0, 0.1) is 5.82 Å². The zero-order valence-corrected chi connectivity index (χ0v) is 13.7. The van der Waals surface area contributed by atoms with Gasteiger partial charge in [-0.3, -0.25) is 4.79 Å². The van der Waals surface area contributed by atoms with Gasteiger partial charge >= 0.3 is 5.97 Å². The van der Waals surface area contributed by atoms with E-state index in [9.17, 15) is 14.0 Å². The summed E-state index contributed by atoms with van der Waals surface area (Å²) >= 11 is 0. The van der Waals surface area contributed by atoms with Gasteiger partial charge in [-0.2, -0.15) is 0 Å². The second-order valence-corrected chi connectivity index (χ2v) is 5.93. The summed E-state index contributed by atoms with van der Waals surface area (Å²) in [5.41, 5.74) is 0.682. The molecule has 1 N–H and O–H groups in total. The molecule has 0 bridgehead atoms. The first kappa shape index (κ1) is 17.0. The van der Waals surface area contributed by atoms with Gasteiger partial charge in [-0.25, -0.2) is 9.18 Å². The molecule has 0 aromatic heterocycles. The molecule has 1 aliphatic rings. The van der Waals surface area contributed by atoms with E-state index >= 15 is 0 Å². The molecule has 1 atom stereocenters. The SMILES string of the molecule is COc1ccc(C2CCCN2C(=O)c2ccc(C(=O)O)cc2F)cc1. The lowest BCUT2D eigenvalue weighted by Gasteiger charge is -2.25. The Morgan fingerprint density at radius 2 is 1.92 bits per heavy atom. The second-order valence-electron chi connectivity index (χ2n) is 5.93. The van der Waals surface area contributed by atoms with Crippen LogP contribution in [0.15, 0.2) is 42.5 Å². The van der Waals surface area contributed by atoms with Crippen LogP contribution in [0.25, 0.3) is 0 Å². The van der Waals surface area contributed by atoms with E-state index in [0.717, 1.165) is 30.2 Å². The summed E-state index contributed by atoms with van der Waals surface area (Å²) in [5, 5.41) is 8.91. The van der Waals surface area contributed by atoms with Crippen molar-refractivity contribution < 1.29 is 23.8 Å². The number of likely N-dealkylation sites (tertiary alicyclic amines) is 1. The molecule has 6 heteroatoms. The van der Waals surface area contributed by atoms with Gasteiger partial charge in [0.15, 0.2) is 0 Å². The third kappa shape index (κ3) is 3.33. The van der Waals surface area contributed by atoms with Gasteiger partial charge in [0.2, 0.25) is 0 Å².